The van der Waals surface area contributed by atoms with E-state index in [1.807, 2.05) is 52.0 Å². The van der Waals surface area contributed by atoms with Crippen LogP contribution in [0.3, 0.4) is 0 Å². The maximum atomic E-state index is 13.4. The second-order valence-electron chi connectivity index (χ2n) is 8.17. The molecule has 3 aromatic rings. The van der Waals surface area contributed by atoms with Gasteiger partial charge in [-0.3, -0.25) is 19.8 Å². The zero-order valence-electron chi connectivity index (χ0n) is 18.8. The number of carbonyl (C=O) groups excluding carboxylic acids is 2. The summed E-state index contributed by atoms with van der Waals surface area (Å²) in [5.41, 5.74) is 7.72. The van der Waals surface area contributed by atoms with Gasteiger partial charge in [-0.1, -0.05) is 29.8 Å². The molecule has 0 saturated carbocycles. The fraction of sp³-hybridized carbons (Fsp3) is 0.192. The van der Waals surface area contributed by atoms with Crippen LogP contribution in [-0.2, 0) is 9.59 Å². The van der Waals surface area contributed by atoms with E-state index in [0.29, 0.717) is 5.69 Å². The van der Waals surface area contributed by atoms with Crippen LogP contribution in [-0.4, -0.2) is 21.5 Å². The first-order valence-electron chi connectivity index (χ1n) is 10.4. The number of nitrogens with one attached hydrogen (secondary N) is 1. The Labute approximate surface area is 193 Å². The number of aromatic nitrogens is 1. The lowest BCUT2D eigenvalue weighted by molar-refractivity contribution is -0.122. The van der Waals surface area contributed by atoms with Crippen molar-refractivity contribution in [1.82, 2.24) is 9.88 Å². The van der Waals surface area contributed by atoms with E-state index >= 15 is 0 Å². The molecule has 5 nitrogen and oxygen atoms in total. The second-order valence-corrected chi connectivity index (χ2v) is 8.56. The van der Waals surface area contributed by atoms with E-state index in [9.17, 15) is 9.59 Å². The Morgan fingerprint density at radius 1 is 0.938 bits per heavy atom. The predicted octanol–water partition coefficient (Wildman–Crippen LogP) is 4.85. The van der Waals surface area contributed by atoms with E-state index in [1.165, 1.54) is 10.5 Å². The highest BCUT2D eigenvalue weighted by molar-refractivity contribution is 7.80. The van der Waals surface area contributed by atoms with E-state index in [2.05, 4.69) is 41.1 Å². The monoisotopic (exact) mass is 443 g/mol. The molecule has 0 spiro atoms. The molecule has 1 aliphatic heterocycles. The minimum absolute atomic E-state index is 0.0589. The number of amides is 2. The number of hydrogen-bond donors (Lipinski definition) is 1. The standard InChI is InChI=1S/C26H25N3O2S/c1-15-9-11-21(12-10-15)28-17(3)13-20(19(28)5)14-22-24(30)27-26(32)29(25(22)31)23-8-6-7-16(2)18(23)4/h6-14H,1-5H3,(H,27,30,32). The van der Waals surface area contributed by atoms with Crippen LogP contribution in [0.4, 0.5) is 5.69 Å². The largest absolute Gasteiger partial charge is 0.318 e. The summed E-state index contributed by atoms with van der Waals surface area (Å²) in [6.45, 7) is 9.96. The normalized spacial score (nSPS) is 15.5. The molecule has 6 heteroatoms. The highest BCUT2D eigenvalue weighted by atomic mass is 32.1. The number of thiocarbonyl (C=S) groups is 1. The number of benzene rings is 2. The third-order valence-electron chi connectivity index (χ3n) is 5.98. The van der Waals surface area contributed by atoms with Crippen LogP contribution in [0.5, 0.6) is 0 Å². The molecule has 0 radical (unpaired) electrons. The zero-order valence-corrected chi connectivity index (χ0v) is 19.6. The zero-order chi connectivity index (χ0) is 23.2. The van der Waals surface area contributed by atoms with Gasteiger partial charge in [0, 0.05) is 17.1 Å². The molecule has 2 aromatic carbocycles. The molecule has 0 atom stereocenters. The van der Waals surface area contributed by atoms with Crippen molar-refractivity contribution in [2.75, 3.05) is 4.90 Å². The third-order valence-corrected chi connectivity index (χ3v) is 6.27. The number of nitrogens with zero attached hydrogens (tertiary/aromatic N) is 2. The molecular formula is C26H25N3O2S. The fourth-order valence-electron chi connectivity index (χ4n) is 4.03. The number of hydrogen-bond acceptors (Lipinski definition) is 3. The van der Waals surface area contributed by atoms with Crippen molar-refractivity contribution in [1.29, 1.82) is 0 Å². The van der Waals surface area contributed by atoms with Crippen LogP contribution >= 0.6 is 12.2 Å². The second kappa shape index (κ2) is 8.20. The molecule has 1 aliphatic rings. The predicted molar refractivity (Wildman–Crippen MR) is 132 cm³/mol. The van der Waals surface area contributed by atoms with Gasteiger partial charge in [-0.05, 0) is 93.9 Å². The molecular weight excluding hydrogens is 418 g/mol. The lowest BCUT2D eigenvalue weighted by Gasteiger charge is -2.30. The summed E-state index contributed by atoms with van der Waals surface area (Å²) in [4.78, 5) is 27.6. The maximum absolute atomic E-state index is 13.4. The topological polar surface area (TPSA) is 54.3 Å². The van der Waals surface area contributed by atoms with Gasteiger partial charge in [-0.15, -0.1) is 0 Å². The average molecular weight is 444 g/mol. The van der Waals surface area contributed by atoms with Crippen molar-refractivity contribution in [3.8, 4) is 5.69 Å². The Balaban J connectivity index is 1.78. The van der Waals surface area contributed by atoms with Crippen molar-refractivity contribution in [2.24, 2.45) is 0 Å². The first kappa shape index (κ1) is 21.7. The van der Waals surface area contributed by atoms with Gasteiger partial charge in [0.15, 0.2) is 5.11 Å². The van der Waals surface area contributed by atoms with Crippen molar-refractivity contribution in [2.45, 2.75) is 34.6 Å². The number of aryl methyl sites for hydroxylation is 3. The summed E-state index contributed by atoms with van der Waals surface area (Å²) in [6, 6.07) is 15.9. The van der Waals surface area contributed by atoms with E-state index in [1.54, 1.807) is 6.08 Å². The summed E-state index contributed by atoms with van der Waals surface area (Å²) < 4.78 is 2.12. The van der Waals surface area contributed by atoms with Gasteiger partial charge in [-0.25, -0.2) is 0 Å². The lowest BCUT2D eigenvalue weighted by Crippen LogP contribution is -2.54. The molecule has 1 N–H and O–H groups in total. The molecule has 2 amide bonds. The van der Waals surface area contributed by atoms with Gasteiger partial charge < -0.3 is 4.57 Å². The summed E-state index contributed by atoms with van der Waals surface area (Å²) in [6.07, 6.45) is 1.66. The summed E-state index contributed by atoms with van der Waals surface area (Å²) in [7, 11) is 0. The summed E-state index contributed by atoms with van der Waals surface area (Å²) >= 11 is 5.35. The van der Waals surface area contributed by atoms with Gasteiger partial charge in [0.25, 0.3) is 11.8 Å². The Morgan fingerprint density at radius 3 is 2.31 bits per heavy atom. The molecule has 1 aromatic heterocycles. The SMILES string of the molecule is Cc1ccc(-n2c(C)cc(C=C3C(=O)NC(=S)N(c4cccc(C)c4C)C3=O)c2C)cc1. The minimum Gasteiger partial charge on any atom is -0.318 e. The smallest absolute Gasteiger partial charge is 0.270 e. The minimum atomic E-state index is -0.485. The van der Waals surface area contributed by atoms with Crippen LogP contribution in [0.1, 0.15) is 33.6 Å². The van der Waals surface area contributed by atoms with Crippen molar-refractivity contribution < 1.29 is 9.59 Å². The molecule has 0 bridgehead atoms. The molecule has 32 heavy (non-hydrogen) atoms. The van der Waals surface area contributed by atoms with Gasteiger partial charge >= 0.3 is 0 Å². The summed E-state index contributed by atoms with van der Waals surface area (Å²) in [5, 5.41) is 2.77. The molecule has 2 heterocycles. The van der Waals surface area contributed by atoms with E-state index < -0.39 is 11.8 Å². The van der Waals surface area contributed by atoms with Gasteiger partial charge in [-0.2, -0.15) is 0 Å². The average Bonchev–Trinajstić information content (AvgIpc) is 3.02. The maximum Gasteiger partial charge on any atom is 0.270 e. The molecule has 162 valence electrons. The highest BCUT2D eigenvalue weighted by Crippen LogP contribution is 2.28. The fourth-order valence-corrected chi connectivity index (χ4v) is 4.31. The Kier molecular flexibility index (Phi) is 5.57. The first-order chi connectivity index (χ1) is 15.2. The first-order valence-corrected chi connectivity index (χ1v) is 10.8. The van der Waals surface area contributed by atoms with E-state index in [4.69, 9.17) is 12.2 Å². The molecule has 1 fully saturated rings. The number of carbonyl (C=O) groups is 2. The molecule has 1 saturated heterocycles. The summed E-state index contributed by atoms with van der Waals surface area (Å²) in [5.74, 6) is -0.908. The highest BCUT2D eigenvalue weighted by Gasteiger charge is 2.35. The third kappa shape index (κ3) is 3.67. The quantitative estimate of drug-likeness (QED) is 0.358. The van der Waals surface area contributed by atoms with Crippen molar-refractivity contribution in [3.05, 3.63) is 87.7 Å². The van der Waals surface area contributed by atoms with Gasteiger partial charge in [0.1, 0.15) is 5.57 Å². The molecule has 4 rings (SSSR count). The van der Waals surface area contributed by atoms with Crippen molar-refractivity contribution >= 4 is 40.9 Å². The van der Waals surface area contributed by atoms with E-state index in [0.717, 1.165) is 33.8 Å². The van der Waals surface area contributed by atoms with Gasteiger partial charge in [0.2, 0.25) is 0 Å². The molecule has 0 unspecified atom stereocenters. The van der Waals surface area contributed by atoms with E-state index in [-0.39, 0.29) is 10.7 Å². The van der Waals surface area contributed by atoms with Gasteiger partial charge in [0.05, 0.1) is 5.69 Å². The Morgan fingerprint density at radius 2 is 1.62 bits per heavy atom. The van der Waals surface area contributed by atoms with Crippen molar-refractivity contribution in [3.63, 3.8) is 0 Å². The Hall–Kier alpha value is -3.51. The number of anilines is 1. The van der Waals surface area contributed by atoms with Crippen LogP contribution in [0.2, 0.25) is 0 Å². The Bertz CT molecular complexity index is 1300. The van der Waals surface area contributed by atoms with Crippen LogP contribution in [0, 0.1) is 34.6 Å². The van der Waals surface area contributed by atoms with Crippen LogP contribution in [0.15, 0.2) is 54.1 Å². The molecule has 0 aliphatic carbocycles. The van der Waals surface area contributed by atoms with Crippen LogP contribution < -0.4 is 10.2 Å². The number of rotatable bonds is 3. The lowest BCUT2D eigenvalue weighted by atomic mass is 10.0. The van der Waals surface area contributed by atoms with Crippen LogP contribution in [0.25, 0.3) is 11.8 Å².